The fourth-order valence-corrected chi connectivity index (χ4v) is 2.92. The zero-order chi connectivity index (χ0) is 14.4. The van der Waals surface area contributed by atoms with Gasteiger partial charge >= 0.3 is 0 Å². The molecule has 0 amide bonds. The predicted molar refractivity (Wildman–Crippen MR) is 87.3 cm³/mol. The van der Waals surface area contributed by atoms with Crippen molar-refractivity contribution in [2.45, 2.75) is 39.3 Å². The van der Waals surface area contributed by atoms with E-state index in [-0.39, 0.29) is 0 Å². The van der Waals surface area contributed by atoms with Crippen LogP contribution in [0.15, 0.2) is 22.7 Å². The van der Waals surface area contributed by atoms with Gasteiger partial charge in [0.25, 0.3) is 0 Å². The average Bonchev–Trinajstić information content (AvgIpc) is 2.92. The van der Waals surface area contributed by atoms with Gasteiger partial charge in [-0.3, -0.25) is 4.90 Å². The average molecular weight is 341 g/mol. The molecule has 0 saturated carbocycles. The molecule has 0 aliphatic carbocycles. The normalized spacial score (nSPS) is 16.0. The zero-order valence-electron chi connectivity index (χ0n) is 12.5. The smallest absolute Gasteiger partial charge is 0.133 e. The molecule has 1 N–H and O–H groups in total. The number of ether oxygens (including phenoxy) is 1. The van der Waals surface area contributed by atoms with E-state index in [0.717, 1.165) is 29.9 Å². The van der Waals surface area contributed by atoms with Crippen LogP contribution in [0.3, 0.4) is 0 Å². The Morgan fingerprint density at radius 3 is 2.70 bits per heavy atom. The summed E-state index contributed by atoms with van der Waals surface area (Å²) in [5.41, 5.74) is 1.28. The molecule has 1 aromatic carbocycles. The highest BCUT2D eigenvalue weighted by molar-refractivity contribution is 9.10. The molecule has 1 heterocycles. The molecule has 0 bridgehead atoms. The molecule has 4 heteroatoms. The van der Waals surface area contributed by atoms with Gasteiger partial charge in [0, 0.05) is 19.1 Å². The lowest BCUT2D eigenvalue weighted by Crippen LogP contribution is -2.25. The number of likely N-dealkylation sites (tertiary alicyclic amines) is 1. The lowest BCUT2D eigenvalue weighted by molar-refractivity contribution is 0.237. The number of nitrogens with zero attached hydrogens (tertiary/aromatic N) is 1. The maximum Gasteiger partial charge on any atom is 0.133 e. The predicted octanol–water partition coefficient (Wildman–Crippen LogP) is 3.42. The lowest BCUT2D eigenvalue weighted by Gasteiger charge is -2.16. The van der Waals surface area contributed by atoms with Crippen LogP contribution in [0.2, 0.25) is 0 Å². The lowest BCUT2D eigenvalue weighted by atomic mass is 10.2. The second-order valence-electron chi connectivity index (χ2n) is 5.70. The molecular formula is C16H25BrN2O. The maximum absolute atomic E-state index is 5.87. The third kappa shape index (κ3) is 5.08. The first-order valence-corrected chi connectivity index (χ1v) is 8.31. The summed E-state index contributed by atoms with van der Waals surface area (Å²) in [6, 6.07) is 6.84. The Balaban J connectivity index is 1.79. The molecular weight excluding hydrogens is 316 g/mol. The second kappa shape index (κ2) is 8.01. The van der Waals surface area contributed by atoms with Gasteiger partial charge in [0.1, 0.15) is 12.4 Å². The summed E-state index contributed by atoms with van der Waals surface area (Å²) in [6.07, 6.45) is 2.67. The summed E-state index contributed by atoms with van der Waals surface area (Å²) in [4.78, 5) is 2.47. The van der Waals surface area contributed by atoms with Gasteiger partial charge in [-0.25, -0.2) is 0 Å². The first-order valence-electron chi connectivity index (χ1n) is 7.52. The summed E-state index contributed by atoms with van der Waals surface area (Å²) in [5.74, 6) is 0.942. The summed E-state index contributed by atoms with van der Waals surface area (Å²) in [6.45, 7) is 9.46. The van der Waals surface area contributed by atoms with E-state index in [1.807, 2.05) is 0 Å². The molecule has 1 fully saturated rings. The summed E-state index contributed by atoms with van der Waals surface area (Å²) in [5, 5.41) is 3.42. The summed E-state index contributed by atoms with van der Waals surface area (Å²) in [7, 11) is 0. The van der Waals surface area contributed by atoms with Gasteiger partial charge in [-0.2, -0.15) is 0 Å². The SMILES string of the molecule is CC(C)NCc1ccc(OCCN2CCCC2)c(Br)c1. The highest BCUT2D eigenvalue weighted by Gasteiger charge is 2.11. The van der Waals surface area contributed by atoms with Crippen molar-refractivity contribution in [1.82, 2.24) is 10.2 Å². The van der Waals surface area contributed by atoms with Crippen molar-refractivity contribution in [2.24, 2.45) is 0 Å². The van der Waals surface area contributed by atoms with Gasteiger partial charge in [-0.15, -0.1) is 0 Å². The van der Waals surface area contributed by atoms with E-state index in [2.05, 4.69) is 58.2 Å². The highest BCUT2D eigenvalue weighted by Crippen LogP contribution is 2.26. The van der Waals surface area contributed by atoms with Crippen molar-refractivity contribution in [3.05, 3.63) is 28.2 Å². The molecule has 1 aliphatic heterocycles. The van der Waals surface area contributed by atoms with Crippen LogP contribution in [0.5, 0.6) is 5.75 Å². The third-order valence-electron chi connectivity index (χ3n) is 3.57. The molecule has 112 valence electrons. The number of hydrogen-bond donors (Lipinski definition) is 1. The fourth-order valence-electron chi connectivity index (χ4n) is 2.38. The minimum Gasteiger partial charge on any atom is -0.491 e. The largest absolute Gasteiger partial charge is 0.491 e. The zero-order valence-corrected chi connectivity index (χ0v) is 14.1. The second-order valence-corrected chi connectivity index (χ2v) is 6.55. The molecule has 0 atom stereocenters. The van der Waals surface area contributed by atoms with Crippen LogP contribution >= 0.6 is 15.9 Å². The van der Waals surface area contributed by atoms with Gasteiger partial charge < -0.3 is 10.1 Å². The topological polar surface area (TPSA) is 24.5 Å². The van der Waals surface area contributed by atoms with E-state index >= 15 is 0 Å². The Hall–Kier alpha value is -0.580. The minimum atomic E-state index is 0.505. The van der Waals surface area contributed by atoms with Crippen LogP contribution in [0, 0.1) is 0 Å². The van der Waals surface area contributed by atoms with E-state index in [9.17, 15) is 0 Å². The van der Waals surface area contributed by atoms with Crippen LogP contribution in [-0.2, 0) is 6.54 Å². The van der Waals surface area contributed by atoms with Crippen molar-refractivity contribution in [1.29, 1.82) is 0 Å². The van der Waals surface area contributed by atoms with Gasteiger partial charge in [-0.1, -0.05) is 19.9 Å². The van der Waals surface area contributed by atoms with E-state index in [0.29, 0.717) is 6.04 Å². The molecule has 1 aliphatic rings. The van der Waals surface area contributed by atoms with Crippen molar-refractivity contribution in [2.75, 3.05) is 26.2 Å². The van der Waals surface area contributed by atoms with E-state index < -0.39 is 0 Å². The van der Waals surface area contributed by atoms with Gasteiger partial charge in [0.15, 0.2) is 0 Å². The van der Waals surface area contributed by atoms with Crippen LogP contribution < -0.4 is 10.1 Å². The van der Waals surface area contributed by atoms with Crippen molar-refractivity contribution in [3.63, 3.8) is 0 Å². The third-order valence-corrected chi connectivity index (χ3v) is 4.19. The Labute approximate surface area is 130 Å². The molecule has 0 unspecified atom stereocenters. The standard InChI is InChI=1S/C16H25BrN2O/c1-13(2)18-12-14-5-6-16(15(17)11-14)20-10-9-19-7-3-4-8-19/h5-6,11,13,18H,3-4,7-10,12H2,1-2H3. The van der Waals surface area contributed by atoms with Gasteiger partial charge in [-0.05, 0) is 59.6 Å². The Morgan fingerprint density at radius 2 is 2.05 bits per heavy atom. The van der Waals surface area contributed by atoms with Crippen LogP contribution in [0.25, 0.3) is 0 Å². The highest BCUT2D eigenvalue weighted by atomic mass is 79.9. The minimum absolute atomic E-state index is 0.505. The van der Waals surface area contributed by atoms with Crippen molar-refractivity contribution in [3.8, 4) is 5.75 Å². The van der Waals surface area contributed by atoms with Crippen LogP contribution in [-0.4, -0.2) is 37.2 Å². The fraction of sp³-hybridized carbons (Fsp3) is 0.625. The van der Waals surface area contributed by atoms with E-state index in [1.54, 1.807) is 0 Å². The molecule has 1 saturated heterocycles. The Bertz CT molecular complexity index is 417. The van der Waals surface area contributed by atoms with Crippen LogP contribution in [0.1, 0.15) is 32.3 Å². The first-order chi connectivity index (χ1) is 9.65. The quantitative estimate of drug-likeness (QED) is 0.822. The number of benzene rings is 1. The van der Waals surface area contributed by atoms with E-state index in [1.165, 1.54) is 31.5 Å². The molecule has 3 nitrogen and oxygen atoms in total. The molecule has 0 aromatic heterocycles. The summed E-state index contributed by atoms with van der Waals surface area (Å²) < 4.78 is 6.91. The van der Waals surface area contributed by atoms with Crippen LogP contribution in [0.4, 0.5) is 0 Å². The molecule has 2 rings (SSSR count). The number of halogens is 1. The van der Waals surface area contributed by atoms with Gasteiger partial charge in [0.2, 0.25) is 0 Å². The van der Waals surface area contributed by atoms with E-state index in [4.69, 9.17) is 4.74 Å². The first kappa shape index (κ1) is 15.8. The number of rotatable bonds is 7. The molecule has 20 heavy (non-hydrogen) atoms. The molecule has 1 aromatic rings. The maximum atomic E-state index is 5.87. The Kier molecular flexibility index (Phi) is 6.33. The monoisotopic (exact) mass is 340 g/mol. The number of nitrogens with one attached hydrogen (secondary N) is 1. The number of hydrogen-bond acceptors (Lipinski definition) is 3. The van der Waals surface area contributed by atoms with Crippen molar-refractivity contribution >= 4 is 15.9 Å². The Morgan fingerprint density at radius 1 is 1.30 bits per heavy atom. The van der Waals surface area contributed by atoms with Crippen molar-refractivity contribution < 1.29 is 4.74 Å². The summed E-state index contributed by atoms with van der Waals surface area (Å²) >= 11 is 3.60. The molecule has 0 radical (unpaired) electrons. The van der Waals surface area contributed by atoms with Gasteiger partial charge in [0.05, 0.1) is 4.47 Å². The molecule has 0 spiro atoms.